The fourth-order valence-corrected chi connectivity index (χ4v) is 3.59. The Hall–Kier alpha value is 0.200. The quantitative estimate of drug-likeness (QED) is 0.545. The van der Waals surface area contributed by atoms with Gasteiger partial charge in [-0.3, -0.25) is 4.90 Å². The minimum atomic E-state index is -2.76. The maximum Gasteiger partial charge on any atom is 0.153 e. The van der Waals surface area contributed by atoms with Crippen molar-refractivity contribution in [1.29, 1.82) is 0 Å². The number of hydrogen-bond donors (Lipinski definition) is 0. The maximum absolute atomic E-state index is 11.3. The topological polar surface area (TPSA) is 37.4 Å². The van der Waals surface area contributed by atoms with Gasteiger partial charge in [0.1, 0.15) is 0 Å². The van der Waals surface area contributed by atoms with Crippen LogP contribution >= 0.6 is 11.6 Å². The Labute approximate surface area is 91.3 Å². The first-order valence-corrected chi connectivity index (χ1v) is 7.41. The number of unbranched alkanes of at least 4 members (excludes halogenated alkanes) is 1. The molecule has 1 unspecified atom stereocenters. The van der Waals surface area contributed by atoms with Crippen molar-refractivity contribution >= 4 is 21.4 Å². The lowest BCUT2D eigenvalue weighted by atomic mass is 10.2. The van der Waals surface area contributed by atoms with Crippen molar-refractivity contribution in [2.75, 3.05) is 30.5 Å². The lowest BCUT2D eigenvalue weighted by molar-refractivity contribution is 0.223. The highest BCUT2D eigenvalue weighted by atomic mass is 35.5. The van der Waals surface area contributed by atoms with Gasteiger partial charge >= 0.3 is 0 Å². The number of rotatable bonds is 4. The van der Waals surface area contributed by atoms with Crippen LogP contribution in [0.15, 0.2) is 0 Å². The molecule has 0 spiro atoms. The van der Waals surface area contributed by atoms with E-state index in [1.54, 1.807) is 0 Å². The van der Waals surface area contributed by atoms with E-state index in [4.69, 9.17) is 11.6 Å². The SMILES string of the molecule is CC1CS(=O)(=O)CCN1CCCCCl. The summed E-state index contributed by atoms with van der Waals surface area (Å²) in [4.78, 5) is 2.24. The summed E-state index contributed by atoms with van der Waals surface area (Å²) in [5.41, 5.74) is 0. The van der Waals surface area contributed by atoms with Gasteiger partial charge in [-0.2, -0.15) is 0 Å². The third kappa shape index (κ3) is 3.75. The molecule has 0 aromatic carbocycles. The van der Waals surface area contributed by atoms with Crippen LogP contribution in [0.5, 0.6) is 0 Å². The van der Waals surface area contributed by atoms with Crippen molar-refractivity contribution in [1.82, 2.24) is 4.90 Å². The van der Waals surface area contributed by atoms with Gasteiger partial charge in [0.05, 0.1) is 11.5 Å². The zero-order valence-electron chi connectivity index (χ0n) is 8.58. The van der Waals surface area contributed by atoms with Crippen LogP contribution in [0, 0.1) is 0 Å². The fraction of sp³-hybridized carbons (Fsp3) is 1.00. The predicted octanol–water partition coefficient (Wildman–Crippen LogP) is 1.12. The van der Waals surface area contributed by atoms with Crippen LogP contribution in [-0.4, -0.2) is 49.8 Å². The van der Waals surface area contributed by atoms with Gasteiger partial charge in [0, 0.05) is 18.5 Å². The molecular weight excluding hydrogens is 222 g/mol. The summed E-state index contributed by atoms with van der Waals surface area (Å²) in [6, 6.07) is 0.170. The average molecular weight is 240 g/mol. The smallest absolute Gasteiger partial charge is 0.153 e. The van der Waals surface area contributed by atoms with Gasteiger partial charge in [-0.25, -0.2) is 8.42 Å². The monoisotopic (exact) mass is 239 g/mol. The molecule has 1 heterocycles. The first-order chi connectivity index (χ1) is 6.55. The highest BCUT2D eigenvalue weighted by Gasteiger charge is 2.27. The Morgan fingerprint density at radius 2 is 2.14 bits per heavy atom. The molecule has 0 saturated carbocycles. The highest BCUT2D eigenvalue weighted by Crippen LogP contribution is 2.12. The minimum absolute atomic E-state index is 0.170. The molecule has 0 aromatic heterocycles. The van der Waals surface area contributed by atoms with E-state index < -0.39 is 9.84 Å². The average Bonchev–Trinajstić information content (AvgIpc) is 2.08. The molecule has 1 fully saturated rings. The van der Waals surface area contributed by atoms with E-state index in [1.807, 2.05) is 6.92 Å². The molecule has 1 aliphatic heterocycles. The summed E-state index contributed by atoms with van der Waals surface area (Å²) in [7, 11) is -2.76. The normalized spacial score (nSPS) is 27.7. The third-order valence-electron chi connectivity index (χ3n) is 2.64. The molecule has 1 aliphatic rings. The van der Waals surface area contributed by atoms with Crippen LogP contribution in [-0.2, 0) is 9.84 Å². The molecule has 0 aromatic rings. The molecule has 0 radical (unpaired) electrons. The van der Waals surface area contributed by atoms with Gasteiger partial charge in [-0.15, -0.1) is 11.6 Å². The number of alkyl halides is 1. The Bertz CT molecular complexity index is 266. The van der Waals surface area contributed by atoms with E-state index in [2.05, 4.69) is 4.90 Å². The van der Waals surface area contributed by atoms with Crippen molar-refractivity contribution in [3.63, 3.8) is 0 Å². The first kappa shape index (κ1) is 12.3. The van der Waals surface area contributed by atoms with E-state index >= 15 is 0 Å². The standard InChI is InChI=1S/C9H18ClNO2S/c1-9-8-14(12,13)7-6-11(9)5-3-2-4-10/h9H,2-8H2,1H3. The Balaban J connectivity index is 2.35. The summed E-state index contributed by atoms with van der Waals surface area (Å²) >= 11 is 5.59. The fourth-order valence-electron chi connectivity index (χ4n) is 1.77. The van der Waals surface area contributed by atoms with Crippen LogP contribution in [0.4, 0.5) is 0 Å². The van der Waals surface area contributed by atoms with Crippen LogP contribution in [0.2, 0.25) is 0 Å². The summed E-state index contributed by atoms with van der Waals surface area (Å²) < 4.78 is 22.6. The van der Waals surface area contributed by atoms with E-state index in [0.717, 1.165) is 19.4 Å². The van der Waals surface area contributed by atoms with Gasteiger partial charge in [-0.05, 0) is 26.3 Å². The van der Waals surface area contributed by atoms with Crippen molar-refractivity contribution in [3.8, 4) is 0 Å². The molecule has 1 atom stereocenters. The summed E-state index contributed by atoms with van der Waals surface area (Å²) in [5, 5.41) is 0. The summed E-state index contributed by atoms with van der Waals surface area (Å²) in [6.45, 7) is 3.65. The Morgan fingerprint density at radius 1 is 1.43 bits per heavy atom. The van der Waals surface area contributed by atoms with Crippen LogP contribution in [0.1, 0.15) is 19.8 Å². The molecule has 0 bridgehead atoms. The molecule has 1 rings (SSSR count). The third-order valence-corrected chi connectivity index (χ3v) is 4.70. The largest absolute Gasteiger partial charge is 0.299 e. The summed E-state index contributed by atoms with van der Waals surface area (Å²) in [5.74, 6) is 1.33. The van der Waals surface area contributed by atoms with Crippen molar-refractivity contribution in [2.24, 2.45) is 0 Å². The van der Waals surface area contributed by atoms with Gasteiger partial charge in [0.25, 0.3) is 0 Å². The van der Waals surface area contributed by atoms with E-state index in [0.29, 0.717) is 23.9 Å². The van der Waals surface area contributed by atoms with Crippen LogP contribution in [0.3, 0.4) is 0 Å². The molecule has 84 valence electrons. The molecule has 5 heteroatoms. The van der Waals surface area contributed by atoms with E-state index in [1.165, 1.54) is 0 Å². The summed E-state index contributed by atoms with van der Waals surface area (Å²) in [6.07, 6.45) is 2.07. The zero-order valence-corrected chi connectivity index (χ0v) is 10.1. The molecule has 0 N–H and O–H groups in total. The second kappa shape index (κ2) is 5.33. The molecule has 0 amide bonds. The van der Waals surface area contributed by atoms with Crippen molar-refractivity contribution < 1.29 is 8.42 Å². The van der Waals surface area contributed by atoms with E-state index in [-0.39, 0.29) is 6.04 Å². The van der Waals surface area contributed by atoms with Gasteiger partial charge in [0.15, 0.2) is 9.84 Å². The lowest BCUT2D eigenvalue weighted by Crippen LogP contribution is -2.47. The van der Waals surface area contributed by atoms with E-state index in [9.17, 15) is 8.42 Å². The van der Waals surface area contributed by atoms with Gasteiger partial charge in [-0.1, -0.05) is 0 Å². The van der Waals surface area contributed by atoms with Crippen LogP contribution in [0.25, 0.3) is 0 Å². The molecule has 14 heavy (non-hydrogen) atoms. The molecule has 3 nitrogen and oxygen atoms in total. The number of halogens is 1. The lowest BCUT2D eigenvalue weighted by Gasteiger charge is -2.32. The number of hydrogen-bond acceptors (Lipinski definition) is 3. The van der Waals surface area contributed by atoms with Gasteiger partial charge < -0.3 is 0 Å². The second-order valence-electron chi connectivity index (χ2n) is 3.90. The molecule has 0 aliphatic carbocycles. The van der Waals surface area contributed by atoms with Crippen molar-refractivity contribution in [2.45, 2.75) is 25.8 Å². The molecular formula is C9H18ClNO2S. The van der Waals surface area contributed by atoms with Crippen LogP contribution < -0.4 is 0 Å². The second-order valence-corrected chi connectivity index (χ2v) is 6.50. The maximum atomic E-state index is 11.3. The number of nitrogens with zero attached hydrogens (tertiary/aromatic N) is 1. The van der Waals surface area contributed by atoms with Crippen molar-refractivity contribution in [3.05, 3.63) is 0 Å². The number of sulfone groups is 1. The minimum Gasteiger partial charge on any atom is -0.299 e. The van der Waals surface area contributed by atoms with Gasteiger partial charge in [0.2, 0.25) is 0 Å². The first-order valence-electron chi connectivity index (χ1n) is 5.05. The molecule has 1 saturated heterocycles. The predicted molar refractivity (Wildman–Crippen MR) is 59.6 cm³/mol. The zero-order chi connectivity index (χ0) is 10.6. The highest BCUT2D eigenvalue weighted by molar-refractivity contribution is 7.91. The Morgan fingerprint density at radius 3 is 2.71 bits per heavy atom. The Kier molecular flexibility index (Phi) is 4.67.